The average molecular weight is 319 g/mol. The van der Waals surface area contributed by atoms with E-state index < -0.39 is 5.97 Å². The van der Waals surface area contributed by atoms with Crippen LogP contribution in [-0.2, 0) is 17.9 Å². The fourth-order valence-electron chi connectivity index (χ4n) is 3.24. The summed E-state index contributed by atoms with van der Waals surface area (Å²) in [5, 5.41) is 10.1. The van der Waals surface area contributed by atoms with Crippen LogP contribution in [0.4, 0.5) is 0 Å². The normalized spacial score (nSPS) is 14.9. The molecule has 2 heterocycles. The lowest BCUT2D eigenvalue weighted by atomic mass is 10.1. The number of hydrogen-bond donors (Lipinski definition) is 1. The highest BCUT2D eigenvalue weighted by atomic mass is 16.5. The summed E-state index contributed by atoms with van der Waals surface area (Å²) >= 11 is 0. The van der Waals surface area contributed by atoms with Crippen LogP contribution in [0, 0.1) is 0 Å². The molecule has 1 aromatic heterocycles. The van der Waals surface area contributed by atoms with Crippen LogP contribution in [0.3, 0.4) is 0 Å². The van der Waals surface area contributed by atoms with Crippen LogP contribution in [0.25, 0.3) is 16.5 Å². The molecule has 0 amide bonds. The van der Waals surface area contributed by atoms with Gasteiger partial charge in [-0.05, 0) is 41.8 Å². The maximum absolute atomic E-state index is 10.9. The van der Waals surface area contributed by atoms with Gasteiger partial charge in [0, 0.05) is 29.2 Å². The van der Waals surface area contributed by atoms with E-state index >= 15 is 0 Å². The Balaban J connectivity index is 1.62. The number of aromatic nitrogens is 1. The van der Waals surface area contributed by atoms with Gasteiger partial charge >= 0.3 is 5.97 Å². The summed E-state index contributed by atoms with van der Waals surface area (Å²) < 4.78 is 8.05. The Bertz CT molecular complexity index is 938. The van der Waals surface area contributed by atoms with Crippen LogP contribution in [0.1, 0.15) is 17.7 Å². The van der Waals surface area contributed by atoms with Crippen molar-refractivity contribution >= 4 is 22.4 Å². The lowest BCUT2D eigenvalue weighted by Crippen LogP contribution is -1.95. The molecule has 4 nitrogen and oxygen atoms in total. The van der Waals surface area contributed by atoms with Gasteiger partial charge < -0.3 is 14.4 Å². The second-order valence-corrected chi connectivity index (χ2v) is 5.93. The summed E-state index contributed by atoms with van der Waals surface area (Å²) in [6.45, 7) is 1.35. The van der Waals surface area contributed by atoms with Crippen molar-refractivity contribution in [3.8, 4) is 5.75 Å². The summed E-state index contributed by atoms with van der Waals surface area (Å²) in [6, 6.07) is 18.1. The molecule has 1 aliphatic heterocycles. The molecule has 24 heavy (non-hydrogen) atoms. The Hall–Kier alpha value is -3.01. The third kappa shape index (κ3) is 2.67. The van der Waals surface area contributed by atoms with Gasteiger partial charge in [-0.25, -0.2) is 4.79 Å². The SMILES string of the molecule is O=C(O)/C=C1\CCn2c1cc1cc(OCc3ccccc3)ccc12. The molecule has 0 bridgehead atoms. The molecule has 0 radical (unpaired) electrons. The summed E-state index contributed by atoms with van der Waals surface area (Å²) in [6.07, 6.45) is 2.08. The molecule has 0 saturated carbocycles. The number of aliphatic carboxylic acids is 1. The van der Waals surface area contributed by atoms with Crippen LogP contribution < -0.4 is 4.74 Å². The van der Waals surface area contributed by atoms with Gasteiger partial charge in [-0.1, -0.05) is 30.3 Å². The Morgan fingerprint density at radius 3 is 2.79 bits per heavy atom. The largest absolute Gasteiger partial charge is 0.489 e. The van der Waals surface area contributed by atoms with Crippen molar-refractivity contribution in [1.82, 2.24) is 4.57 Å². The third-order valence-corrected chi connectivity index (χ3v) is 4.35. The molecule has 4 heteroatoms. The number of nitrogens with zero attached hydrogens (tertiary/aromatic N) is 1. The first kappa shape index (κ1) is 14.6. The van der Waals surface area contributed by atoms with Gasteiger partial charge in [-0.15, -0.1) is 0 Å². The first-order valence-electron chi connectivity index (χ1n) is 7.94. The first-order chi connectivity index (χ1) is 11.7. The number of rotatable bonds is 4. The van der Waals surface area contributed by atoms with E-state index in [0.29, 0.717) is 6.61 Å². The molecule has 1 aliphatic rings. The maximum Gasteiger partial charge on any atom is 0.328 e. The lowest BCUT2D eigenvalue weighted by molar-refractivity contribution is -0.131. The zero-order chi connectivity index (χ0) is 16.5. The Morgan fingerprint density at radius 1 is 1.17 bits per heavy atom. The Morgan fingerprint density at radius 2 is 2.00 bits per heavy atom. The summed E-state index contributed by atoms with van der Waals surface area (Å²) in [7, 11) is 0. The number of ether oxygens (including phenoxy) is 1. The smallest absolute Gasteiger partial charge is 0.328 e. The molecule has 4 rings (SSSR count). The molecule has 0 fully saturated rings. The van der Waals surface area contributed by atoms with Gasteiger partial charge in [0.25, 0.3) is 0 Å². The molecule has 1 N–H and O–H groups in total. The zero-order valence-electron chi connectivity index (χ0n) is 13.1. The summed E-state index contributed by atoms with van der Waals surface area (Å²) in [4.78, 5) is 10.9. The molecular formula is C20H17NO3. The van der Waals surface area contributed by atoms with Crippen molar-refractivity contribution in [3.63, 3.8) is 0 Å². The summed E-state index contributed by atoms with van der Waals surface area (Å²) in [5.41, 5.74) is 4.12. The van der Waals surface area contributed by atoms with Crippen molar-refractivity contribution in [3.05, 3.63) is 71.9 Å². The Kier molecular flexibility index (Phi) is 3.58. The van der Waals surface area contributed by atoms with E-state index in [9.17, 15) is 4.79 Å². The first-order valence-corrected chi connectivity index (χ1v) is 7.94. The monoisotopic (exact) mass is 319 g/mol. The predicted molar refractivity (Wildman–Crippen MR) is 92.9 cm³/mol. The van der Waals surface area contributed by atoms with E-state index in [1.807, 2.05) is 54.6 Å². The second kappa shape index (κ2) is 5.89. The highest BCUT2D eigenvalue weighted by molar-refractivity contribution is 5.94. The van der Waals surface area contributed by atoms with Gasteiger partial charge in [0.05, 0.1) is 0 Å². The number of aryl methyl sites for hydroxylation is 1. The van der Waals surface area contributed by atoms with E-state index in [-0.39, 0.29) is 0 Å². The van der Waals surface area contributed by atoms with Crippen LogP contribution in [0.15, 0.2) is 60.7 Å². The minimum Gasteiger partial charge on any atom is -0.489 e. The minimum absolute atomic E-state index is 0.532. The number of allylic oxidation sites excluding steroid dienone is 1. The predicted octanol–water partition coefficient (Wildman–Crippen LogP) is 4.09. The van der Waals surface area contributed by atoms with Gasteiger partial charge in [0.1, 0.15) is 12.4 Å². The van der Waals surface area contributed by atoms with Gasteiger partial charge in [0.2, 0.25) is 0 Å². The van der Waals surface area contributed by atoms with Crippen molar-refractivity contribution < 1.29 is 14.6 Å². The quantitative estimate of drug-likeness (QED) is 0.737. The molecule has 0 aliphatic carbocycles. The molecular weight excluding hydrogens is 302 g/mol. The van der Waals surface area contributed by atoms with E-state index in [1.165, 1.54) is 6.08 Å². The molecule has 0 saturated heterocycles. The van der Waals surface area contributed by atoms with Crippen LogP contribution >= 0.6 is 0 Å². The topological polar surface area (TPSA) is 51.5 Å². The van der Waals surface area contributed by atoms with Crippen LogP contribution in [0.2, 0.25) is 0 Å². The minimum atomic E-state index is -0.893. The number of carboxylic acid groups (broad SMARTS) is 1. The standard InChI is InChI=1S/C20H17NO3/c22-20(23)12-15-8-9-21-18-7-6-17(10-16(18)11-19(15)21)24-13-14-4-2-1-3-5-14/h1-7,10-12H,8-9,13H2,(H,22,23)/b15-12+. The second-order valence-electron chi connectivity index (χ2n) is 5.93. The average Bonchev–Trinajstić information content (AvgIpc) is 3.13. The molecule has 120 valence electrons. The van der Waals surface area contributed by atoms with Crippen molar-refractivity contribution in [2.24, 2.45) is 0 Å². The zero-order valence-corrected chi connectivity index (χ0v) is 13.1. The number of benzene rings is 2. The highest BCUT2D eigenvalue weighted by Crippen LogP contribution is 2.34. The van der Waals surface area contributed by atoms with Crippen LogP contribution in [0.5, 0.6) is 5.75 Å². The van der Waals surface area contributed by atoms with Gasteiger partial charge in [-0.2, -0.15) is 0 Å². The van der Waals surface area contributed by atoms with Crippen molar-refractivity contribution in [2.75, 3.05) is 0 Å². The highest BCUT2D eigenvalue weighted by Gasteiger charge is 2.20. The molecule has 3 aromatic rings. The van der Waals surface area contributed by atoms with Crippen molar-refractivity contribution in [1.29, 1.82) is 0 Å². The van der Waals surface area contributed by atoms with Crippen LogP contribution in [-0.4, -0.2) is 15.6 Å². The van der Waals surface area contributed by atoms with E-state index in [1.54, 1.807) is 0 Å². The van der Waals surface area contributed by atoms with E-state index in [2.05, 4.69) is 4.57 Å². The van der Waals surface area contributed by atoms with E-state index in [0.717, 1.165) is 46.4 Å². The molecule has 0 spiro atoms. The third-order valence-electron chi connectivity index (χ3n) is 4.35. The van der Waals surface area contributed by atoms with Crippen molar-refractivity contribution in [2.45, 2.75) is 19.6 Å². The lowest BCUT2D eigenvalue weighted by Gasteiger charge is -2.07. The van der Waals surface area contributed by atoms with Gasteiger partial charge in [-0.3, -0.25) is 0 Å². The van der Waals surface area contributed by atoms with E-state index in [4.69, 9.17) is 9.84 Å². The number of carbonyl (C=O) groups is 1. The maximum atomic E-state index is 10.9. The fraction of sp³-hybridized carbons (Fsp3) is 0.150. The number of fused-ring (bicyclic) bond motifs is 3. The molecule has 2 aromatic carbocycles. The molecule has 0 unspecified atom stereocenters. The number of hydrogen-bond acceptors (Lipinski definition) is 2. The molecule has 0 atom stereocenters. The van der Waals surface area contributed by atoms with Gasteiger partial charge in [0.15, 0.2) is 0 Å². The Labute approximate surface area is 139 Å². The number of carboxylic acids is 1. The fourth-order valence-corrected chi connectivity index (χ4v) is 3.24. The summed E-state index contributed by atoms with van der Waals surface area (Å²) in [5.74, 6) is -0.0741.